The molecule has 0 aliphatic carbocycles. The molecule has 126 valence electrons. The van der Waals surface area contributed by atoms with E-state index in [1.54, 1.807) is 0 Å². The van der Waals surface area contributed by atoms with Gasteiger partial charge in [0.25, 0.3) is 0 Å². The Morgan fingerprint density at radius 2 is 2.09 bits per heavy atom. The van der Waals surface area contributed by atoms with Crippen LogP contribution in [0.1, 0.15) is 37.8 Å². The van der Waals surface area contributed by atoms with Crippen LogP contribution >= 0.6 is 0 Å². The number of ether oxygens (including phenoxy) is 1. The van der Waals surface area contributed by atoms with Gasteiger partial charge < -0.3 is 15.0 Å². The largest absolute Gasteiger partial charge is 0.466 e. The van der Waals surface area contributed by atoms with Crippen LogP contribution in [0.15, 0.2) is 29.3 Å². The van der Waals surface area contributed by atoms with Crippen LogP contribution in [0.4, 0.5) is 0 Å². The Morgan fingerprint density at radius 3 is 2.83 bits per heavy atom. The summed E-state index contributed by atoms with van der Waals surface area (Å²) in [7, 11) is 0. The highest BCUT2D eigenvalue weighted by atomic mass is 16.5. The van der Waals surface area contributed by atoms with Crippen molar-refractivity contribution in [2.45, 2.75) is 39.7 Å². The van der Waals surface area contributed by atoms with Gasteiger partial charge in [-0.1, -0.05) is 24.3 Å². The van der Waals surface area contributed by atoms with Gasteiger partial charge in [0.1, 0.15) is 0 Å². The Hall–Kier alpha value is -2.04. The molecule has 0 radical (unpaired) electrons. The Balaban J connectivity index is 1.91. The third kappa shape index (κ3) is 5.27. The molecule has 5 nitrogen and oxygen atoms in total. The molecule has 0 fully saturated rings. The van der Waals surface area contributed by atoms with Gasteiger partial charge in [-0.25, -0.2) is 0 Å². The topological polar surface area (TPSA) is 53.9 Å². The molecule has 0 saturated carbocycles. The van der Waals surface area contributed by atoms with Crippen molar-refractivity contribution in [2.24, 2.45) is 4.99 Å². The number of esters is 1. The molecule has 23 heavy (non-hydrogen) atoms. The van der Waals surface area contributed by atoms with Crippen molar-refractivity contribution >= 4 is 11.9 Å². The number of guanidine groups is 1. The second kappa shape index (κ2) is 9.18. The van der Waals surface area contributed by atoms with Crippen LogP contribution in [0.3, 0.4) is 0 Å². The van der Waals surface area contributed by atoms with E-state index in [1.165, 1.54) is 11.1 Å². The maximum Gasteiger partial charge on any atom is 0.305 e. The number of carbonyl (C=O) groups is 1. The molecule has 1 aromatic rings. The lowest BCUT2D eigenvalue weighted by Crippen LogP contribution is -2.44. The fourth-order valence-electron chi connectivity index (χ4n) is 2.74. The first kappa shape index (κ1) is 17.3. The highest BCUT2D eigenvalue weighted by molar-refractivity contribution is 5.80. The number of hydrogen-bond donors (Lipinski definition) is 1. The van der Waals surface area contributed by atoms with Crippen molar-refractivity contribution < 1.29 is 9.53 Å². The minimum Gasteiger partial charge on any atom is -0.466 e. The zero-order valence-corrected chi connectivity index (χ0v) is 14.2. The Bertz CT molecular complexity index is 543. The van der Waals surface area contributed by atoms with Gasteiger partial charge in [0.05, 0.1) is 6.61 Å². The number of benzene rings is 1. The summed E-state index contributed by atoms with van der Waals surface area (Å²) in [6.45, 7) is 7.69. The molecule has 0 bridgehead atoms. The van der Waals surface area contributed by atoms with E-state index in [-0.39, 0.29) is 5.97 Å². The van der Waals surface area contributed by atoms with Gasteiger partial charge in [0.2, 0.25) is 0 Å². The summed E-state index contributed by atoms with van der Waals surface area (Å²) in [6, 6.07) is 8.58. The molecule has 0 aromatic heterocycles. The first-order chi connectivity index (χ1) is 11.2. The van der Waals surface area contributed by atoms with Crippen LogP contribution in [-0.2, 0) is 22.5 Å². The van der Waals surface area contributed by atoms with Crippen LogP contribution in [-0.4, -0.2) is 43.1 Å². The molecule has 2 rings (SSSR count). The van der Waals surface area contributed by atoms with Gasteiger partial charge in [-0.05, 0) is 37.8 Å². The van der Waals surface area contributed by atoms with E-state index in [1.807, 2.05) is 6.92 Å². The molecule has 0 unspecified atom stereocenters. The number of nitrogens with zero attached hydrogens (tertiary/aromatic N) is 2. The van der Waals surface area contributed by atoms with Crippen LogP contribution in [0.25, 0.3) is 0 Å². The summed E-state index contributed by atoms with van der Waals surface area (Å²) in [4.78, 5) is 18.3. The summed E-state index contributed by atoms with van der Waals surface area (Å²) < 4.78 is 4.94. The van der Waals surface area contributed by atoms with Crippen molar-refractivity contribution in [3.63, 3.8) is 0 Å². The summed E-state index contributed by atoms with van der Waals surface area (Å²) >= 11 is 0. The molecule has 1 N–H and O–H groups in total. The van der Waals surface area contributed by atoms with Crippen LogP contribution in [0.2, 0.25) is 0 Å². The van der Waals surface area contributed by atoms with Gasteiger partial charge in [0.15, 0.2) is 5.96 Å². The predicted octanol–water partition coefficient (Wildman–Crippen LogP) is 2.35. The standard InChI is InChI=1S/C18H27N3O2/c1-3-19-18(20-12-7-10-17(22)23-4-2)21-13-11-15-8-5-6-9-16(15)14-21/h5-6,8-9H,3-4,7,10-14H2,1-2H3,(H,19,20). The molecule has 1 heterocycles. The van der Waals surface area contributed by atoms with Gasteiger partial charge in [0, 0.05) is 32.6 Å². The van der Waals surface area contributed by atoms with Crippen molar-refractivity contribution in [2.75, 3.05) is 26.2 Å². The van der Waals surface area contributed by atoms with Crippen molar-refractivity contribution in [3.05, 3.63) is 35.4 Å². The SMILES string of the molecule is CCNC(=NCCCC(=O)OCC)N1CCc2ccccc2C1. The fourth-order valence-corrected chi connectivity index (χ4v) is 2.74. The third-order valence-corrected chi connectivity index (χ3v) is 3.87. The van der Waals surface area contributed by atoms with E-state index in [2.05, 4.69) is 46.4 Å². The first-order valence-corrected chi connectivity index (χ1v) is 8.50. The number of hydrogen-bond acceptors (Lipinski definition) is 3. The van der Waals surface area contributed by atoms with Crippen molar-refractivity contribution in [1.29, 1.82) is 0 Å². The molecule has 5 heteroatoms. The van der Waals surface area contributed by atoms with E-state index in [4.69, 9.17) is 4.74 Å². The van der Waals surface area contributed by atoms with Gasteiger partial charge >= 0.3 is 5.97 Å². The smallest absolute Gasteiger partial charge is 0.305 e. The molecule has 1 aliphatic rings. The van der Waals surface area contributed by atoms with Gasteiger partial charge in [-0.3, -0.25) is 9.79 Å². The third-order valence-electron chi connectivity index (χ3n) is 3.87. The molecule has 0 spiro atoms. The van der Waals surface area contributed by atoms with E-state index >= 15 is 0 Å². The quantitative estimate of drug-likeness (QED) is 0.379. The van der Waals surface area contributed by atoms with Crippen molar-refractivity contribution in [3.8, 4) is 0 Å². The number of aliphatic imine (C=N–C) groups is 1. The number of carbonyl (C=O) groups excluding carboxylic acids is 1. The fraction of sp³-hybridized carbons (Fsp3) is 0.556. The highest BCUT2D eigenvalue weighted by Crippen LogP contribution is 2.18. The summed E-state index contributed by atoms with van der Waals surface area (Å²) in [5.41, 5.74) is 2.80. The van der Waals surface area contributed by atoms with E-state index in [0.717, 1.165) is 38.4 Å². The minimum atomic E-state index is -0.139. The molecule has 0 saturated heterocycles. The molecular weight excluding hydrogens is 290 g/mol. The van der Waals surface area contributed by atoms with Crippen molar-refractivity contribution in [1.82, 2.24) is 10.2 Å². The molecule has 0 atom stereocenters. The zero-order chi connectivity index (χ0) is 16.5. The average Bonchev–Trinajstić information content (AvgIpc) is 2.57. The lowest BCUT2D eigenvalue weighted by atomic mass is 10.0. The zero-order valence-electron chi connectivity index (χ0n) is 14.2. The van der Waals surface area contributed by atoms with E-state index in [9.17, 15) is 4.79 Å². The number of nitrogens with one attached hydrogen (secondary N) is 1. The number of fused-ring (bicyclic) bond motifs is 1. The maximum absolute atomic E-state index is 11.4. The van der Waals surface area contributed by atoms with Gasteiger partial charge in [-0.2, -0.15) is 0 Å². The predicted molar refractivity (Wildman–Crippen MR) is 92.4 cm³/mol. The van der Waals surface area contributed by atoms with E-state index < -0.39 is 0 Å². The number of rotatable bonds is 6. The first-order valence-electron chi connectivity index (χ1n) is 8.50. The monoisotopic (exact) mass is 317 g/mol. The molecular formula is C18H27N3O2. The Morgan fingerprint density at radius 1 is 1.30 bits per heavy atom. The maximum atomic E-state index is 11.4. The summed E-state index contributed by atoms with van der Waals surface area (Å²) in [5.74, 6) is 0.797. The lowest BCUT2D eigenvalue weighted by Gasteiger charge is -2.31. The average molecular weight is 317 g/mol. The Labute approximate surface area is 138 Å². The van der Waals surface area contributed by atoms with Crippen LogP contribution < -0.4 is 5.32 Å². The summed E-state index contributed by atoms with van der Waals surface area (Å²) in [6.07, 6.45) is 2.20. The second-order valence-corrected chi connectivity index (χ2v) is 5.58. The van der Waals surface area contributed by atoms with Crippen LogP contribution in [0.5, 0.6) is 0 Å². The second-order valence-electron chi connectivity index (χ2n) is 5.58. The van der Waals surface area contributed by atoms with Gasteiger partial charge in [-0.15, -0.1) is 0 Å². The Kier molecular flexibility index (Phi) is 6.91. The van der Waals surface area contributed by atoms with E-state index in [0.29, 0.717) is 19.6 Å². The molecule has 1 aliphatic heterocycles. The highest BCUT2D eigenvalue weighted by Gasteiger charge is 2.18. The minimum absolute atomic E-state index is 0.139. The molecule has 0 amide bonds. The normalized spacial score (nSPS) is 14.3. The summed E-state index contributed by atoms with van der Waals surface area (Å²) in [5, 5.41) is 3.36. The van der Waals surface area contributed by atoms with Crippen LogP contribution in [0, 0.1) is 0 Å². The lowest BCUT2D eigenvalue weighted by molar-refractivity contribution is -0.143. The molecule has 1 aromatic carbocycles.